The third-order valence-electron chi connectivity index (χ3n) is 3.92. The molecule has 0 saturated carbocycles. The molecule has 1 aromatic carbocycles. The second kappa shape index (κ2) is 5.89. The van der Waals surface area contributed by atoms with Gasteiger partial charge in [0.05, 0.1) is 16.4 Å². The minimum atomic E-state index is 0.481. The highest BCUT2D eigenvalue weighted by atomic mass is 32.1. The molecule has 0 amide bonds. The van der Waals surface area contributed by atoms with Crippen molar-refractivity contribution in [1.29, 1.82) is 0 Å². The number of benzene rings is 1. The number of aryl methyl sites for hydroxylation is 2. The molecule has 3 nitrogen and oxygen atoms in total. The molecule has 0 aliphatic rings. The maximum atomic E-state index is 5.80. The summed E-state index contributed by atoms with van der Waals surface area (Å²) in [4.78, 5) is 5.32. The van der Waals surface area contributed by atoms with Gasteiger partial charge in [-0.1, -0.05) is 49.5 Å². The molecule has 2 aromatic heterocycles. The fraction of sp³-hybridized carbons (Fsp3) is 0.222. The van der Waals surface area contributed by atoms with E-state index >= 15 is 0 Å². The summed E-state index contributed by atoms with van der Waals surface area (Å²) in [6.07, 6.45) is 3.60. The lowest BCUT2D eigenvalue weighted by Crippen LogP contribution is -2.13. The second-order valence-electron chi connectivity index (χ2n) is 5.49. The van der Waals surface area contributed by atoms with Gasteiger partial charge in [0.25, 0.3) is 0 Å². The van der Waals surface area contributed by atoms with Crippen LogP contribution in [-0.4, -0.2) is 14.4 Å². The molecular formula is C18H19N3S. The zero-order chi connectivity index (χ0) is 15.7. The number of hydrogen-bond donors (Lipinski definition) is 1. The highest BCUT2D eigenvalue weighted by Gasteiger charge is 2.15. The molecule has 2 heterocycles. The fourth-order valence-electron chi connectivity index (χ4n) is 2.72. The van der Waals surface area contributed by atoms with Crippen LogP contribution in [0.4, 0.5) is 0 Å². The molecule has 0 spiro atoms. The Morgan fingerprint density at radius 1 is 1.23 bits per heavy atom. The van der Waals surface area contributed by atoms with Gasteiger partial charge in [-0.2, -0.15) is 0 Å². The van der Waals surface area contributed by atoms with Gasteiger partial charge >= 0.3 is 0 Å². The van der Waals surface area contributed by atoms with Gasteiger partial charge in [0.15, 0.2) is 0 Å². The third kappa shape index (κ3) is 2.62. The van der Waals surface area contributed by atoms with Crippen LogP contribution in [0, 0.1) is 6.92 Å². The number of nitrogens with zero attached hydrogens (tertiary/aromatic N) is 2. The van der Waals surface area contributed by atoms with Gasteiger partial charge in [-0.05, 0) is 30.5 Å². The van der Waals surface area contributed by atoms with Crippen LogP contribution in [0.2, 0.25) is 0 Å². The Balaban J connectivity index is 2.22. The summed E-state index contributed by atoms with van der Waals surface area (Å²) in [6, 6.07) is 12.6. The number of thiocarbonyl (C=S) groups is 1. The number of pyridine rings is 1. The Morgan fingerprint density at radius 2 is 1.95 bits per heavy atom. The van der Waals surface area contributed by atoms with E-state index in [1.807, 2.05) is 12.3 Å². The van der Waals surface area contributed by atoms with Crippen molar-refractivity contribution < 1.29 is 0 Å². The van der Waals surface area contributed by atoms with E-state index in [0.717, 1.165) is 34.6 Å². The Labute approximate surface area is 135 Å². The molecule has 22 heavy (non-hydrogen) atoms. The molecule has 0 atom stereocenters. The van der Waals surface area contributed by atoms with Crippen LogP contribution in [0.5, 0.6) is 0 Å². The molecule has 0 aliphatic carbocycles. The number of nitrogens with two attached hydrogens (primary N) is 1. The predicted octanol–water partition coefficient (Wildman–Crippen LogP) is 3.70. The smallest absolute Gasteiger partial charge is 0.140 e. The first-order valence-electron chi connectivity index (χ1n) is 7.44. The lowest BCUT2D eigenvalue weighted by atomic mass is 10.1. The minimum Gasteiger partial charge on any atom is -0.393 e. The quantitative estimate of drug-likeness (QED) is 0.747. The normalized spacial score (nSPS) is 11.0. The van der Waals surface area contributed by atoms with Crippen LogP contribution in [-0.2, 0) is 12.8 Å². The van der Waals surface area contributed by atoms with E-state index in [-0.39, 0.29) is 0 Å². The number of fused-ring (bicyclic) bond motifs is 1. The summed E-state index contributed by atoms with van der Waals surface area (Å²) < 4.78 is 2.09. The van der Waals surface area contributed by atoms with Gasteiger partial charge in [-0.25, -0.2) is 4.98 Å². The third-order valence-corrected chi connectivity index (χ3v) is 4.07. The minimum absolute atomic E-state index is 0.481. The van der Waals surface area contributed by atoms with Crippen LogP contribution in [0.15, 0.2) is 42.6 Å². The van der Waals surface area contributed by atoms with E-state index in [1.54, 1.807) is 0 Å². The van der Waals surface area contributed by atoms with Gasteiger partial charge in [0, 0.05) is 18.2 Å². The van der Waals surface area contributed by atoms with Gasteiger partial charge in [0.1, 0.15) is 5.65 Å². The zero-order valence-electron chi connectivity index (χ0n) is 12.8. The lowest BCUT2D eigenvalue weighted by molar-refractivity contribution is 1.06. The predicted molar refractivity (Wildman–Crippen MR) is 95.2 cm³/mol. The summed E-state index contributed by atoms with van der Waals surface area (Å²) in [5.41, 5.74) is 12.3. The molecule has 112 valence electrons. The van der Waals surface area contributed by atoms with Crippen molar-refractivity contribution in [2.75, 3.05) is 0 Å². The van der Waals surface area contributed by atoms with Crippen LogP contribution < -0.4 is 5.73 Å². The average Bonchev–Trinajstić information content (AvgIpc) is 2.87. The van der Waals surface area contributed by atoms with E-state index in [2.05, 4.69) is 48.6 Å². The summed E-state index contributed by atoms with van der Waals surface area (Å²) in [5, 5.41) is 0. The Morgan fingerprint density at radius 3 is 2.59 bits per heavy atom. The Bertz CT molecular complexity index is 831. The van der Waals surface area contributed by atoms with Crippen LogP contribution in [0.25, 0.3) is 16.9 Å². The Kier molecular flexibility index (Phi) is 3.94. The zero-order valence-corrected chi connectivity index (χ0v) is 13.7. The van der Waals surface area contributed by atoms with Crippen LogP contribution in [0.1, 0.15) is 23.7 Å². The highest BCUT2D eigenvalue weighted by Crippen LogP contribution is 2.26. The molecule has 3 rings (SSSR count). The number of aromatic nitrogens is 2. The first kappa shape index (κ1) is 14.7. The van der Waals surface area contributed by atoms with E-state index in [9.17, 15) is 0 Å². The standard InChI is InChI=1S/C18H19N3S/c1-3-13-6-8-14(9-7-13)17-15(11-16(19)22)21-10-4-5-12(2)18(21)20-17/h4-10H,3,11H2,1-2H3,(H2,19,22). The van der Waals surface area contributed by atoms with Crippen molar-refractivity contribution in [2.24, 2.45) is 5.73 Å². The summed E-state index contributed by atoms with van der Waals surface area (Å²) >= 11 is 5.13. The highest BCUT2D eigenvalue weighted by molar-refractivity contribution is 7.80. The first-order valence-corrected chi connectivity index (χ1v) is 7.85. The fourth-order valence-corrected chi connectivity index (χ4v) is 2.85. The maximum absolute atomic E-state index is 5.80. The summed E-state index contributed by atoms with van der Waals surface area (Å²) in [6.45, 7) is 4.22. The molecule has 3 aromatic rings. The molecule has 4 heteroatoms. The first-order chi connectivity index (χ1) is 10.6. The van der Waals surface area contributed by atoms with E-state index in [4.69, 9.17) is 22.9 Å². The van der Waals surface area contributed by atoms with Crippen molar-refractivity contribution in [3.05, 3.63) is 59.4 Å². The summed E-state index contributed by atoms with van der Waals surface area (Å²) in [5.74, 6) is 0. The van der Waals surface area contributed by atoms with Crippen molar-refractivity contribution in [1.82, 2.24) is 9.38 Å². The van der Waals surface area contributed by atoms with Gasteiger partial charge in [0.2, 0.25) is 0 Å². The van der Waals surface area contributed by atoms with Crippen molar-refractivity contribution in [3.8, 4) is 11.3 Å². The molecular weight excluding hydrogens is 290 g/mol. The maximum Gasteiger partial charge on any atom is 0.140 e. The van der Waals surface area contributed by atoms with Crippen molar-refractivity contribution in [3.63, 3.8) is 0 Å². The van der Waals surface area contributed by atoms with E-state index in [0.29, 0.717) is 11.4 Å². The molecule has 0 bridgehead atoms. The van der Waals surface area contributed by atoms with Crippen LogP contribution in [0.3, 0.4) is 0 Å². The largest absolute Gasteiger partial charge is 0.393 e. The second-order valence-corrected chi connectivity index (χ2v) is 6.01. The molecule has 0 radical (unpaired) electrons. The van der Waals surface area contributed by atoms with Crippen molar-refractivity contribution in [2.45, 2.75) is 26.7 Å². The van der Waals surface area contributed by atoms with Gasteiger partial charge in [-0.15, -0.1) is 0 Å². The average molecular weight is 309 g/mol. The van der Waals surface area contributed by atoms with Gasteiger partial charge < -0.3 is 10.1 Å². The van der Waals surface area contributed by atoms with Crippen LogP contribution >= 0.6 is 12.2 Å². The topological polar surface area (TPSA) is 43.3 Å². The number of rotatable bonds is 4. The van der Waals surface area contributed by atoms with Gasteiger partial charge in [-0.3, -0.25) is 0 Å². The van der Waals surface area contributed by atoms with Crippen molar-refractivity contribution >= 4 is 22.9 Å². The SMILES string of the molecule is CCc1ccc(-c2nc3c(C)cccn3c2CC(N)=S)cc1. The molecule has 0 fully saturated rings. The molecule has 0 saturated heterocycles. The molecule has 2 N–H and O–H groups in total. The lowest BCUT2D eigenvalue weighted by Gasteiger charge is -2.05. The number of hydrogen-bond acceptors (Lipinski definition) is 2. The Hall–Kier alpha value is -2.20. The summed E-state index contributed by atoms with van der Waals surface area (Å²) in [7, 11) is 0. The van der Waals surface area contributed by atoms with E-state index in [1.165, 1.54) is 5.56 Å². The monoisotopic (exact) mass is 309 g/mol. The number of imidazole rings is 1. The molecule has 0 aliphatic heterocycles. The molecule has 0 unspecified atom stereocenters. The van der Waals surface area contributed by atoms with E-state index < -0.39 is 0 Å².